The molecule has 1 aromatic rings. The quantitative estimate of drug-likeness (QED) is 0.399. The van der Waals surface area contributed by atoms with Gasteiger partial charge in [0.2, 0.25) is 0 Å². The van der Waals surface area contributed by atoms with Crippen molar-refractivity contribution in [2.24, 2.45) is 35.5 Å². The van der Waals surface area contributed by atoms with Crippen LogP contribution in [0.15, 0.2) is 66.3 Å². The summed E-state index contributed by atoms with van der Waals surface area (Å²) in [7, 11) is 0. The fraction of sp³-hybridized carbons (Fsp3) is 0.467. The van der Waals surface area contributed by atoms with Gasteiger partial charge in [0, 0.05) is 23.8 Å². The molecule has 0 saturated heterocycles. The minimum atomic E-state index is -0.130. The van der Waals surface area contributed by atoms with Crippen LogP contribution >= 0.6 is 0 Å². The maximum Gasteiger partial charge on any atom is 0.256 e. The van der Waals surface area contributed by atoms with E-state index < -0.39 is 0 Å². The molecule has 4 bridgehead atoms. The molecule has 4 aliphatic carbocycles. The zero-order valence-electron chi connectivity index (χ0n) is 20.2. The highest BCUT2D eigenvalue weighted by molar-refractivity contribution is 6.15. The van der Waals surface area contributed by atoms with E-state index in [4.69, 9.17) is 4.74 Å². The topological polar surface area (TPSA) is 46.6 Å². The molecule has 1 heterocycles. The van der Waals surface area contributed by atoms with Crippen LogP contribution in [0.4, 0.5) is 0 Å². The Morgan fingerprint density at radius 3 is 2.18 bits per heavy atom. The van der Waals surface area contributed by atoms with Crippen molar-refractivity contribution in [3.05, 3.63) is 71.9 Å². The van der Waals surface area contributed by atoms with Crippen LogP contribution in [0.3, 0.4) is 0 Å². The van der Waals surface area contributed by atoms with Crippen LogP contribution in [0.1, 0.15) is 45.1 Å². The Hall–Kier alpha value is -2.88. The van der Waals surface area contributed by atoms with E-state index in [0.29, 0.717) is 29.9 Å². The van der Waals surface area contributed by atoms with Gasteiger partial charge < -0.3 is 4.74 Å². The third-order valence-electron chi connectivity index (χ3n) is 8.16. The minimum Gasteiger partial charge on any atom is -0.493 e. The van der Waals surface area contributed by atoms with E-state index in [9.17, 15) is 9.59 Å². The first-order chi connectivity index (χ1) is 16.5. The summed E-state index contributed by atoms with van der Waals surface area (Å²) in [6.07, 6.45) is 19.9. The molecule has 0 spiro atoms. The van der Waals surface area contributed by atoms with Gasteiger partial charge in [0.25, 0.3) is 11.8 Å². The van der Waals surface area contributed by atoms with Crippen molar-refractivity contribution >= 4 is 17.9 Å². The predicted molar refractivity (Wildman–Crippen MR) is 135 cm³/mol. The molecule has 2 fully saturated rings. The standard InChI is InChI=1S/C17H20O.C13H15NO2/c1-2-5-14-6-3-4-7-17(14)18-12-16-11-13-8-9-15(16)10-13;1-8-4-12(15)14(13(8)16)7-11-6-9-2-3-10(11)5-9/h2-9,13,15-16H,10-12H2,1H3;2-4,9-11H,5-7H2,1H3/b5-2+;. The van der Waals surface area contributed by atoms with Gasteiger partial charge >= 0.3 is 0 Å². The molecule has 2 saturated carbocycles. The number of rotatable bonds is 6. The van der Waals surface area contributed by atoms with Crippen LogP contribution in [0.2, 0.25) is 0 Å². The van der Waals surface area contributed by atoms with Crippen molar-refractivity contribution in [2.45, 2.75) is 39.5 Å². The largest absolute Gasteiger partial charge is 0.493 e. The van der Waals surface area contributed by atoms with Gasteiger partial charge in [0.1, 0.15) is 5.75 Å². The fourth-order valence-electron chi connectivity index (χ4n) is 6.36. The summed E-state index contributed by atoms with van der Waals surface area (Å²) in [6.45, 7) is 5.22. The number of hydrogen-bond acceptors (Lipinski definition) is 3. The van der Waals surface area contributed by atoms with Crippen molar-refractivity contribution in [1.29, 1.82) is 0 Å². The third-order valence-corrected chi connectivity index (χ3v) is 8.16. The second kappa shape index (κ2) is 9.77. The Morgan fingerprint density at radius 1 is 0.941 bits per heavy atom. The molecule has 34 heavy (non-hydrogen) atoms. The molecule has 0 radical (unpaired) electrons. The first-order valence-corrected chi connectivity index (χ1v) is 12.8. The number of amides is 2. The highest BCUT2D eigenvalue weighted by atomic mass is 16.5. The zero-order chi connectivity index (χ0) is 23.7. The number of carbonyl (C=O) groups is 2. The number of nitrogens with zero attached hydrogens (tertiary/aromatic N) is 1. The summed E-state index contributed by atoms with van der Waals surface area (Å²) in [5.74, 6) is 4.87. The molecule has 6 atom stereocenters. The summed E-state index contributed by atoms with van der Waals surface area (Å²) in [6, 6.07) is 8.28. The molecule has 1 aromatic carbocycles. The highest BCUT2D eigenvalue weighted by Gasteiger charge is 2.39. The predicted octanol–water partition coefficient (Wildman–Crippen LogP) is 5.82. The lowest BCUT2D eigenvalue weighted by molar-refractivity contribution is -0.138. The third kappa shape index (κ3) is 4.68. The smallest absolute Gasteiger partial charge is 0.256 e. The highest BCUT2D eigenvalue weighted by Crippen LogP contribution is 2.44. The van der Waals surface area contributed by atoms with Crippen LogP contribution in [0.25, 0.3) is 6.08 Å². The minimum absolute atomic E-state index is 0.100. The molecule has 0 aromatic heterocycles. The van der Waals surface area contributed by atoms with Gasteiger partial charge in [0.05, 0.1) is 6.61 Å². The molecule has 2 amide bonds. The average Bonchev–Trinajstić information content (AvgIpc) is 3.66. The molecule has 6 unspecified atom stereocenters. The van der Waals surface area contributed by atoms with Crippen LogP contribution < -0.4 is 4.74 Å². The van der Waals surface area contributed by atoms with Crippen LogP contribution in [-0.2, 0) is 9.59 Å². The lowest BCUT2D eigenvalue weighted by Crippen LogP contribution is -2.36. The van der Waals surface area contributed by atoms with E-state index in [1.165, 1.54) is 35.8 Å². The summed E-state index contributed by atoms with van der Waals surface area (Å²) >= 11 is 0. The number of fused-ring (bicyclic) bond motifs is 4. The second-order valence-electron chi connectivity index (χ2n) is 10.5. The van der Waals surface area contributed by atoms with E-state index in [0.717, 1.165) is 36.5 Å². The van der Waals surface area contributed by atoms with Crippen molar-refractivity contribution in [3.63, 3.8) is 0 Å². The van der Waals surface area contributed by atoms with Crippen LogP contribution in [-0.4, -0.2) is 29.9 Å². The van der Waals surface area contributed by atoms with Gasteiger partial charge in [-0.1, -0.05) is 54.7 Å². The Bertz CT molecular complexity index is 1060. The Balaban J connectivity index is 0.000000142. The van der Waals surface area contributed by atoms with Gasteiger partial charge in [-0.05, 0) is 81.1 Å². The zero-order valence-corrected chi connectivity index (χ0v) is 20.2. The Kier molecular flexibility index (Phi) is 6.58. The Morgan fingerprint density at radius 2 is 1.62 bits per heavy atom. The molecule has 5 aliphatic rings. The first kappa shape index (κ1) is 22.9. The van der Waals surface area contributed by atoms with Gasteiger partial charge in [-0.25, -0.2) is 0 Å². The van der Waals surface area contributed by atoms with Crippen molar-refractivity contribution < 1.29 is 14.3 Å². The molecule has 4 heteroatoms. The van der Waals surface area contributed by atoms with Crippen molar-refractivity contribution in [3.8, 4) is 5.75 Å². The Labute approximate surface area is 203 Å². The van der Waals surface area contributed by atoms with Gasteiger partial charge in [-0.2, -0.15) is 0 Å². The summed E-state index contributed by atoms with van der Waals surface area (Å²) < 4.78 is 6.04. The van der Waals surface area contributed by atoms with Crippen molar-refractivity contribution in [2.75, 3.05) is 13.2 Å². The molecule has 4 nitrogen and oxygen atoms in total. The van der Waals surface area contributed by atoms with Crippen molar-refractivity contribution in [1.82, 2.24) is 4.90 Å². The summed E-state index contributed by atoms with van der Waals surface area (Å²) in [5.41, 5.74) is 1.75. The monoisotopic (exact) mass is 457 g/mol. The number of carbonyl (C=O) groups excluding carboxylic acids is 2. The number of ether oxygens (including phenoxy) is 1. The van der Waals surface area contributed by atoms with E-state index in [1.54, 1.807) is 6.92 Å². The average molecular weight is 458 g/mol. The molecule has 1 aliphatic heterocycles. The number of para-hydroxylation sites is 1. The van der Waals surface area contributed by atoms with E-state index in [2.05, 4.69) is 54.7 Å². The molecule has 178 valence electrons. The molecular formula is C30H35NO3. The maximum absolute atomic E-state index is 11.7. The summed E-state index contributed by atoms with van der Waals surface area (Å²) in [5, 5.41) is 0. The number of benzene rings is 1. The molecular weight excluding hydrogens is 422 g/mol. The van der Waals surface area contributed by atoms with E-state index in [-0.39, 0.29) is 11.8 Å². The SMILES string of the molecule is C/C=C/c1ccccc1OCC1CC2C=CC1C2.CC1=CC(=O)N(CC2CC3C=CC2C3)C1=O. The van der Waals surface area contributed by atoms with Gasteiger partial charge in [-0.3, -0.25) is 14.5 Å². The van der Waals surface area contributed by atoms with Gasteiger partial charge in [0.15, 0.2) is 0 Å². The van der Waals surface area contributed by atoms with Crippen LogP contribution in [0.5, 0.6) is 5.75 Å². The fourth-order valence-corrected chi connectivity index (χ4v) is 6.36. The molecule has 6 rings (SSSR count). The molecule has 0 N–H and O–H groups in total. The first-order valence-electron chi connectivity index (χ1n) is 12.8. The normalized spacial score (nSPS) is 32.6. The van der Waals surface area contributed by atoms with Gasteiger partial charge in [-0.15, -0.1) is 0 Å². The van der Waals surface area contributed by atoms with E-state index in [1.807, 2.05) is 13.0 Å². The lowest BCUT2D eigenvalue weighted by Gasteiger charge is -2.23. The maximum atomic E-state index is 11.7. The lowest BCUT2D eigenvalue weighted by atomic mass is 9.93. The second-order valence-corrected chi connectivity index (χ2v) is 10.5. The van der Waals surface area contributed by atoms with Crippen LogP contribution in [0, 0.1) is 35.5 Å². The number of imide groups is 1. The number of allylic oxidation sites excluding steroid dienone is 5. The number of hydrogen-bond donors (Lipinski definition) is 0. The van der Waals surface area contributed by atoms with E-state index >= 15 is 0 Å². The summed E-state index contributed by atoms with van der Waals surface area (Å²) in [4.78, 5) is 24.7.